The van der Waals surface area contributed by atoms with Crippen molar-refractivity contribution >= 4 is 26.7 Å². The van der Waals surface area contributed by atoms with Crippen molar-refractivity contribution in [2.75, 3.05) is 12.0 Å². The summed E-state index contributed by atoms with van der Waals surface area (Å²) < 4.78 is 14.3. The maximum Gasteiger partial charge on any atom is 0.0767 e. The summed E-state index contributed by atoms with van der Waals surface area (Å²) in [4.78, 5) is 0. The average molecular weight is 336 g/mol. The second kappa shape index (κ2) is 7.40. The van der Waals surface area contributed by atoms with Crippen LogP contribution in [0.3, 0.4) is 0 Å². The molecule has 0 radical (unpaired) electrons. The van der Waals surface area contributed by atoms with E-state index in [2.05, 4.69) is 47.1 Å². The lowest BCUT2D eigenvalue weighted by Crippen LogP contribution is -2.31. The van der Waals surface area contributed by atoms with Crippen LogP contribution in [0.25, 0.3) is 0 Å². The Morgan fingerprint density at radius 2 is 2.17 bits per heavy atom. The highest BCUT2D eigenvalue weighted by Crippen LogP contribution is 2.22. The summed E-state index contributed by atoms with van der Waals surface area (Å²) in [5.74, 6) is 0.679. The summed E-state index contributed by atoms with van der Waals surface area (Å²) in [5, 5.41) is 7.95. The number of hydrogen-bond donors (Lipinski definition) is 1. The van der Waals surface area contributed by atoms with Gasteiger partial charge in [-0.05, 0) is 36.2 Å². The molecule has 0 saturated carbocycles. The normalized spacial score (nSPS) is 14.7. The summed E-state index contributed by atoms with van der Waals surface area (Å²) in [5.41, 5.74) is 2.27. The summed E-state index contributed by atoms with van der Waals surface area (Å²) in [6.07, 6.45) is 2.66. The third-order valence-corrected chi connectivity index (χ3v) is 4.68. The van der Waals surface area contributed by atoms with Crippen LogP contribution in [0, 0.1) is 0 Å². The molecule has 0 aliphatic rings. The monoisotopic (exact) mass is 335 g/mol. The fraction of sp³-hybridized carbons (Fsp3) is 0.750. The van der Waals surface area contributed by atoms with E-state index in [1.165, 1.54) is 5.69 Å². The Labute approximate surface area is 120 Å². The second-order valence-corrected chi connectivity index (χ2v) is 6.67. The number of hydrogen-bond acceptors (Lipinski definition) is 3. The summed E-state index contributed by atoms with van der Waals surface area (Å²) in [6.45, 7) is 7.87. The number of aromatic nitrogens is 2. The van der Waals surface area contributed by atoms with Gasteiger partial charge in [-0.3, -0.25) is 8.89 Å². The quantitative estimate of drug-likeness (QED) is 0.829. The van der Waals surface area contributed by atoms with Crippen LogP contribution < -0.4 is 5.32 Å². The first-order chi connectivity index (χ1) is 8.49. The minimum absolute atomic E-state index is 0.244. The maximum atomic E-state index is 11.2. The van der Waals surface area contributed by atoms with E-state index in [4.69, 9.17) is 0 Å². The van der Waals surface area contributed by atoms with Gasteiger partial charge in [0.15, 0.2) is 0 Å². The zero-order valence-corrected chi connectivity index (χ0v) is 13.9. The molecule has 2 unspecified atom stereocenters. The van der Waals surface area contributed by atoms with E-state index in [0.717, 1.165) is 29.7 Å². The van der Waals surface area contributed by atoms with Gasteiger partial charge in [0.05, 0.1) is 15.9 Å². The molecule has 4 nitrogen and oxygen atoms in total. The lowest BCUT2D eigenvalue weighted by molar-refractivity contribution is 0.539. The first kappa shape index (κ1) is 15.9. The van der Waals surface area contributed by atoms with Crippen LogP contribution in [-0.2, 0) is 30.3 Å². The van der Waals surface area contributed by atoms with E-state index >= 15 is 0 Å². The Morgan fingerprint density at radius 3 is 2.67 bits per heavy atom. The van der Waals surface area contributed by atoms with E-state index in [1.807, 2.05) is 4.68 Å². The van der Waals surface area contributed by atoms with Crippen LogP contribution in [0.4, 0.5) is 0 Å². The highest BCUT2D eigenvalue weighted by molar-refractivity contribution is 9.10. The van der Waals surface area contributed by atoms with Gasteiger partial charge >= 0.3 is 0 Å². The first-order valence-electron chi connectivity index (χ1n) is 6.27. The number of aryl methyl sites for hydroxylation is 2. The van der Waals surface area contributed by atoms with Gasteiger partial charge in [-0.2, -0.15) is 5.10 Å². The predicted octanol–water partition coefficient (Wildman–Crippen LogP) is 2.08. The molecule has 1 heterocycles. The van der Waals surface area contributed by atoms with Crippen molar-refractivity contribution in [2.24, 2.45) is 0 Å². The van der Waals surface area contributed by atoms with Crippen LogP contribution in [0.1, 0.15) is 32.2 Å². The molecule has 0 saturated heterocycles. The fourth-order valence-electron chi connectivity index (χ4n) is 1.87. The Kier molecular flexibility index (Phi) is 6.52. The zero-order chi connectivity index (χ0) is 13.7. The van der Waals surface area contributed by atoms with Gasteiger partial charge < -0.3 is 5.32 Å². The van der Waals surface area contributed by atoms with Crippen LogP contribution >= 0.6 is 15.9 Å². The SMILES string of the molecule is CCc1nn(CC)c(CNC(C)CS(C)=O)c1Br. The lowest BCUT2D eigenvalue weighted by atomic mass is 10.3. The van der Waals surface area contributed by atoms with Gasteiger partial charge in [-0.1, -0.05) is 6.92 Å². The van der Waals surface area contributed by atoms with E-state index in [1.54, 1.807) is 6.26 Å². The Bertz CT molecular complexity index is 420. The molecule has 1 aromatic rings. The molecule has 2 atom stereocenters. The van der Waals surface area contributed by atoms with Gasteiger partial charge in [-0.15, -0.1) is 0 Å². The second-order valence-electron chi connectivity index (χ2n) is 4.40. The Hall–Kier alpha value is -0.200. The van der Waals surface area contributed by atoms with Gasteiger partial charge in [0, 0.05) is 41.9 Å². The topological polar surface area (TPSA) is 46.9 Å². The molecule has 0 aromatic carbocycles. The van der Waals surface area contributed by atoms with Gasteiger partial charge in [0.2, 0.25) is 0 Å². The molecule has 0 bridgehead atoms. The van der Waals surface area contributed by atoms with Crippen LogP contribution in [0.2, 0.25) is 0 Å². The molecule has 6 heteroatoms. The highest BCUT2D eigenvalue weighted by Gasteiger charge is 2.14. The summed E-state index contributed by atoms with van der Waals surface area (Å²) in [7, 11) is -0.759. The van der Waals surface area contributed by atoms with Crippen molar-refractivity contribution in [3.63, 3.8) is 0 Å². The Morgan fingerprint density at radius 1 is 1.50 bits per heavy atom. The molecule has 0 fully saturated rings. The molecular weight excluding hydrogens is 314 g/mol. The molecule has 0 amide bonds. The number of nitrogens with zero attached hydrogens (tertiary/aromatic N) is 2. The highest BCUT2D eigenvalue weighted by atomic mass is 79.9. The van der Waals surface area contributed by atoms with Crippen molar-refractivity contribution in [1.29, 1.82) is 0 Å². The van der Waals surface area contributed by atoms with Crippen molar-refractivity contribution < 1.29 is 4.21 Å². The van der Waals surface area contributed by atoms with E-state index in [0.29, 0.717) is 5.75 Å². The largest absolute Gasteiger partial charge is 0.308 e. The maximum absolute atomic E-state index is 11.2. The van der Waals surface area contributed by atoms with Crippen molar-refractivity contribution in [3.05, 3.63) is 15.9 Å². The van der Waals surface area contributed by atoms with Gasteiger partial charge in [0.1, 0.15) is 0 Å². The van der Waals surface area contributed by atoms with Gasteiger partial charge in [-0.25, -0.2) is 0 Å². The van der Waals surface area contributed by atoms with Crippen LogP contribution in [0.15, 0.2) is 4.47 Å². The Balaban J connectivity index is 2.71. The van der Waals surface area contributed by atoms with E-state index < -0.39 is 10.8 Å². The average Bonchev–Trinajstić information content (AvgIpc) is 2.62. The molecule has 104 valence electrons. The zero-order valence-electron chi connectivity index (χ0n) is 11.5. The van der Waals surface area contributed by atoms with Crippen LogP contribution in [0.5, 0.6) is 0 Å². The summed E-state index contributed by atoms with van der Waals surface area (Å²) >= 11 is 3.62. The minimum Gasteiger partial charge on any atom is -0.308 e. The lowest BCUT2D eigenvalue weighted by Gasteiger charge is -2.13. The number of nitrogens with one attached hydrogen (secondary N) is 1. The minimum atomic E-state index is -0.759. The van der Waals surface area contributed by atoms with E-state index in [-0.39, 0.29) is 6.04 Å². The predicted molar refractivity (Wildman–Crippen MR) is 80.2 cm³/mol. The third kappa shape index (κ3) is 4.17. The van der Waals surface area contributed by atoms with E-state index in [9.17, 15) is 4.21 Å². The van der Waals surface area contributed by atoms with Crippen molar-refractivity contribution in [3.8, 4) is 0 Å². The standard InChI is InChI=1S/C12H22BrN3OS/c1-5-10-12(13)11(16(6-2)15-10)7-14-9(3)8-18(4)17/h9,14H,5-8H2,1-4H3. The summed E-state index contributed by atoms with van der Waals surface area (Å²) in [6, 6.07) is 0.244. The van der Waals surface area contributed by atoms with Crippen molar-refractivity contribution in [1.82, 2.24) is 15.1 Å². The van der Waals surface area contributed by atoms with Gasteiger partial charge in [0.25, 0.3) is 0 Å². The molecule has 0 spiro atoms. The third-order valence-electron chi connectivity index (χ3n) is 2.80. The first-order valence-corrected chi connectivity index (χ1v) is 8.79. The number of rotatable bonds is 7. The molecule has 1 rings (SSSR count). The van der Waals surface area contributed by atoms with Crippen molar-refractivity contribution in [2.45, 2.75) is 46.3 Å². The molecule has 18 heavy (non-hydrogen) atoms. The molecule has 1 N–H and O–H groups in total. The molecule has 1 aromatic heterocycles. The number of halogens is 1. The van der Waals surface area contributed by atoms with Crippen LogP contribution in [-0.4, -0.2) is 32.0 Å². The molecular formula is C12H22BrN3OS. The fourth-order valence-corrected chi connectivity index (χ4v) is 3.39. The molecule has 0 aliphatic carbocycles. The smallest absolute Gasteiger partial charge is 0.0767 e. The molecule has 0 aliphatic heterocycles.